The van der Waals surface area contributed by atoms with Gasteiger partial charge in [0.25, 0.3) is 5.91 Å². The van der Waals surface area contributed by atoms with Gasteiger partial charge in [-0.3, -0.25) is 4.79 Å². The van der Waals surface area contributed by atoms with Crippen LogP contribution < -0.4 is 16.8 Å². The summed E-state index contributed by atoms with van der Waals surface area (Å²) < 4.78 is 1.77. The zero-order valence-electron chi connectivity index (χ0n) is 14.1. The first-order valence-electron chi connectivity index (χ1n) is 8.46. The van der Waals surface area contributed by atoms with E-state index in [0.717, 1.165) is 22.3 Å². The largest absolute Gasteiger partial charge is 0.399 e. The Labute approximate surface area is 145 Å². The van der Waals surface area contributed by atoms with Crippen LogP contribution in [0.5, 0.6) is 0 Å². The molecule has 128 valence electrons. The summed E-state index contributed by atoms with van der Waals surface area (Å²) in [5.74, 6) is 0.171. The Balaban J connectivity index is 1.84. The quantitative estimate of drug-likeness (QED) is 0.624. The average Bonchev–Trinajstić information content (AvgIpc) is 3.33. The van der Waals surface area contributed by atoms with Crippen molar-refractivity contribution >= 4 is 22.8 Å². The van der Waals surface area contributed by atoms with Crippen molar-refractivity contribution in [3.05, 3.63) is 48.3 Å². The molecule has 3 aromatic rings. The van der Waals surface area contributed by atoms with E-state index in [1.54, 1.807) is 4.52 Å². The number of nitrogens with one attached hydrogen (secondary N) is 1. The Morgan fingerprint density at radius 1 is 1.32 bits per heavy atom. The maximum Gasteiger partial charge on any atom is 0.252 e. The van der Waals surface area contributed by atoms with Crippen LogP contribution in [0.3, 0.4) is 0 Å². The van der Waals surface area contributed by atoms with Gasteiger partial charge in [-0.25, -0.2) is 4.52 Å². The minimum Gasteiger partial charge on any atom is -0.399 e. The number of benzene rings is 1. The van der Waals surface area contributed by atoms with E-state index in [-0.39, 0.29) is 6.04 Å². The molecule has 0 radical (unpaired) electrons. The first kappa shape index (κ1) is 15.5. The molecule has 1 fully saturated rings. The summed E-state index contributed by atoms with van der Waals surface area (Å²) in [5, 5.41) is 7.83. The molecule has 0 aliphatic heterocycles. The number of aromatic nitrogens is 2. The summed E-state index contributed by atoms with van der Waals surface area (Å²) in [7, 11) is 0. The molecular formula is C19H21N5O. The predicted octanol–water partition coefficient (Wildman–Crippen LogP) is 2.89. The molecule has 1 aromatic carbocycles. The standard InChI is InChI=1S/C19H21N5O/c1-11(12-5-6-12)23-18-16(19(21)25)9-22-24-10-14(8-17(18)24)13-3-2-4-15(20)7-13/h2-4,7-12,23H,5-6,20H2,1H3,(H2,21,25)/t11-/m1/s1. The van der Waals surface area contributed by atoms with Gasteiger partial charge in [-0.05, 0) is 49.4 Å². The number of hydrogen-bond donors (Lipinski definition) is 3. The minimum absolute atomic E-state index is 0.287. The summed E-state index contributed by atoms with van der Waals surface area (Å²) in [6.07, 6.45) is 5.90. The third-order valence-electron chi connectivity index (χ3n) is 4.82. The lowest BCUT2D eigenvalue weighted by Gasteiger charge is -2.17. The van der Waals surface area contributed by atoms with Gasteiger partial charge in [0, 0.05) is 23.5 Å². The smallest absolute Gasteiger partial charge is 0.252 e. The van der Waals surface area contributed by atoms with Gasteiger partial charge in [-0.1, -0.05) is 12.1 Å². The Bertz CT molecular complexity index is 958. The molecule has 1 saturated carbocycles. The van der Waals surface area contributed by atoms with Crippen molar-refractivity contribution in [2.75, 3.05) is 11.1 Å². The number of primary amides is 1. The summed E-state index contributed by atoms with van der Waals surface area (Å²) >= 11 is 0. The third kappa shape index (κ3) is 2.91. The summed E-state index contributed by atoms with van der Waals surface area (Å²) in [5.41, 5.74) is 16.2. The number of fused-ring (bicyclic) bond motifs is 1. The number of hydrogen-bond acceptors (Lipinski definition) is 4. The van der Waals surface area contributed by atoms with Crippen LogP contribution >= 0.6 is 0 Å². The van der Waals surface area contributed by atoms with Crippen LogP contribution in [0.15, 0.2) is 42.7 Å². The van der Waals surface area contributed by atoms with Gasteiger partial charge in [0.05, 0.1) is 23.0 Å². The van der Waals surface area contributed by atoms with Crippen molar-refractivity contribution in [1.29, 1.82) is 0 Å². The monoisotopic (exact) mass is 335 g/mol. The highest BCUT2D eigenvalue weighted by molar-refractivity contribution is 6.02. The second-order valence-electron chi connectivity index (χ2n) is 6.75. The van der Waals surface area contributed by atoms with Crippen LogP contribution in [0.25, 0.3) is 16.6 Å². The number of nitrogen functional groups attached to an aromatic ring is 1. The van der Waals surface area contributed by atoms with Gasteiger partial charge in [-0.15, -0.1) is 0 Å². The molecule has 6 heteroatoms. The Kier molecular flexibility index (Phi) is 3.60. The minimum atomic E-state index is -0.479. The van der Waals surface area contributed by atoms with E-state index >= 15 is 0 Å². The fourth-order valence-corrected chi connectivity index (χ4v) is 3.21. The maximum atomic E-state index is 11.9. The number of carbonyl (C=O) groups excluding carboxylic acids is 1. The molecule has 1 amide bonds. The van der Waals surface area contributed by atoms with Crippen LogP contribution in [0.2, 0.25) is 0 Å². The second kappa shape index (κ2) is 5.81. The number of rotatable bonds is 5. The molecule has 25 heavy (non-hydrogen) atoms. The van der Waals surface area contributed by atoms with Gasteiger partial charge in [0.1, 0.15) is 0 Å². The SMILES string of the molecule is C[C@@H](Nc1c(C(N)=O)cnn2cc(-c3cccc(N)c3)cc12)C1CC1. The zero-order chi connectivity index (χ0) is 17.6. The fourth-order valence-electron chi connectivity index (χ4n) is 3.21. The molecule has 1 aliphatic rings. The summed E-state index contributed by atoms with van der Waals surface area (Å²) in [6.45, 7) is 2.14. The molecule has 1 aliphatic carbocycles. The number of carbonyl (C=O) groups is 1. The normalized spacial score (nSPS) is 15.2. The molecule has 0 spiro atoms. The van der Waals surface area contributed by atoms with E-state index in [9.17, 15) is 4.79 Å². The molecule has 5 N–H and O–H groups in total. The van der Waals surface area contributed by atoms with Crippen molar-refractivity contribution in [1.82, 2.24) is 9.61 Å². The number of anilines is 2. The topological polar surface area (TPSA) is 98.4 Å². The molecule has 4 rings (SSSR count). The molecule has 0 bridgehead atoms. The van der Waals surface area contributed by atoms with Crippen LogP contribution in [0, 0.1) is 5.92 Å². The van der Waals surface area contributed by atoms with E-state index in [4.69, 9.17) is 11.5 Å². The first-order valence-corrected chi connectivity index (χ1v) is 8.46. The van der Waals surface area contributed by atoms with Crippen LogP contribution in [-0.4, -0.2) is 21.6 Å². The van der Waals surface area contributed by atoms with Crippen molar-refractivity contribution in [3.8, 4) is 11.1 Å². The van der Waals surface area contributed by atoms with Crippen molar-refractivity contribution in [2.24, 2.45) is 11.7 Å². The van der Waals surface area contributed by atoms with Gasteiger partial charge in [0.15, 0.2) is 0 Å². The Morgan fingerprint density at radius 3 is 2.80 bits per heavy atom. The molecule has 0 saturated heterocycles. The van der Waals surface area contributed by atoms with Crippen LogP contribution in [0.4, 0.5) is 11.4 Å². The molecule has 0 unspecified atom stereocenters. The van der Waals surface area contributed by atoms with E-state index in [1.165, 1.54) is 19.0 Å². The number of amides is 1. The molecule has 6 nitrogen and oxygen atoms in total. The Morgan fingerprint density at radius 2 is 2.12 bits per heavy atom. The second-order valence-corrected chi connectivity index (χ2v) is 6.75. The maximum absolute atomic E-state index is 11.9. The van der Waals surface area contributed by atoms with Crippen molar-refractivity contribution < 1.29 is 4.79 Å². The highest BCUT2D eigenvalue weighted by Crippen LogP contribution is 2.36. The van der Waals surface area contributed by atoms with Crippen LogP contribution in [-0.2, 0) is 0 Å². The van der Waals surface area contributed by atoms with Crippen molar-refractivity contribution in [2.45, 2.75) is 25.8 Å². The third-order valence-corrected chi connectivity index (χ3v) is 4.82. The lowest BCUT2D eigenvalue weighted by Crippen LogP contribution is -2.22. The molecular weight excluding hydrogens is 314 g/mol. The van der Waals surface area contributed by atoms with E-state index < -0.39 is 5.91 Å². The number of nitrogens with zero attached hydrogens (tertiary/aromatic N) is 2. The highest BCUT2D eigenvalue weighted by Gasteiger charge is 2.29. The van der Waals surface area contributed by atoms with Gasteiger partial charge < -0.3 is 16.8 Å². The molecule has 1 atom stereocenters. The van der Waals surface area contributed by atoms with Gasteiger partial charge in [0.2, 0.25) is 0 Å². The van der Waals surface area contributed by atoms with E-state index in [0.29, 0.717) is 17.2 Å². The van der Waals surface area contributed by atoms with E-state index in [1.807, 2.05) is 36.5 Å². The first-order chi connectivity index (χ1) is 12.0. The fraction of sp³-hybridized carbons (Fsp3) is 0.263. The predicted molar refractivity (Wildman–Crippen MR) is 99.4 cm³/mol. The highest BCUT2D eigenvalue weighted by atomic mass is 16.1. The summed E-state index contributed by atoms with van der Waals surface area (Å²) in [4.78, 5) is 11.9. The van der Waals surface area contributed by atoms with Gasteiger partial charge in [-0.2, -0.15) is 5.10 Å². The zero-order valence-corrected chi connectivity index (χ0v) is 14.1. The van der Waals surface area contributed by atoms with E-state index in [2.05, 4.69) is 17.3 Å². The average molecular weight is 335 g/mol. The molecule has 2 heterocycles. The lowest BCUT2D eigenvalue weighted by molar-refractivity contribution is 0.100. The van der Waals surface area contributed by atoms with Crippen LogP contribution in [0.1, 0.15) is 30.1 Å². The van der Waals surface area contributed by atoms with Gasteiger partial charge >= 0.3 is 0 Å². The number of nitrogens with two attached hydrogens (primary N) is 2. The molecule has 2 aromatic heterocycles. The van der Waals surface area contributed by atoms with Crippen molar-refractivity contribution in [3.63, 3.8) is 0 Å². The summed E-state index contributed by atoms with van der Waals surface area (Å²) in [6, 6.07) is 9.99. The Hall–Kier alpha value is -3.02. The lowest BCUT2D eigenvalue weighted by atomic mass is 10.1.